The van der Waals surface area contributed by atoms with Crippen molar-refractivity contribution in [3.8, 4) is 5.88 Å². The minimum absolute atomic E-state index is 0.440. The Balaban J connectivity index is 2.67. The van der Waals surface area contributed by atoms with Gasteiger partial charge in [0, 0.05) is 19.3 Å². The predicted molar refractivity (Wildman–Crippen MR) is 88.1 cm³/mol. The number of ether oxygens (including phenoxy) is 1. The minimum Gasteiger partial charge on any atom is -0.476 e. The van der Waals surface area contributed by atoms with Crippen molar-refractivity contribution in [2.75, 3.05) is 19.7 Å². The van der Waals surface area contributed by atoms with Gasteiger partial charge in [-0.2, -0.15) is 0 Å². The number of hydrogen-bond donors (Lipinski definition) is 2. The maximum absolute atomic E-state index is 6.18. The van der Waals surface area contributed by atoms with Gasteiger partial charge in [0.05, 0.1) is 13.2 Å². The molecule has 0 saturated carbocycles. The quantitative estimate of drug-likeness (QED) is 0.600. The summed E-state index contributed by atoms with van der Waals surface area (Å²) in [6.45, 7) is 11.0. The number of rotatable bonds is 7. The molecule has 21 heavy (non-hydrogen) atoms. The number of hydrogen-bond acceptors (Lipinski definition) is 3. The first-order valence-corrected chi connectivity index (χ1v) is 7.74. The summed E-state index contributed by atoms with van der Waals surface area (Å²) in [5.41, 5.74) is 0.949. The molecule has 0 radical (unpaired) electrons. The first-order valence-electron chi connectivity index (χ1n) is 7.36. The Morgan fingerprint density at radius 1 is 1.33 bits per heavy atom. The van der Waals surface area contributed by atoms with Crippen molar-refractivity contribution in [3.63, 3.8) is 0 Å². The molecule has 1 rings (SSSR count). The number of nitrogens with zero attached hydrogens (tertiary/aromatic N) is 2. The number of nitrogens with one attached hydrogen (secondary N) is 2. The lowest BCUT2D eigenvalue weighted by Crippen LogP contribution is -2.36. The normalized spacial score (nSPS) is 10.4. The van der Waals surface area contributed by atoms with E-state index in [1.807, 2.05) is 19.9 Å². The molecule has 0 unspecified atom stereocenters. The summed E-state index contributed by atoms with van der Waals surface area (Å²) >= 11 is 6.18. The van der Waals surface area contributed by atoms with E-state index >= 15 is 0 Å². The molecular weight excluding hydrogens is 288 g/mol. The van der Waals surface area contributed by atoms with E-state index in [2.05, 4.69) is 34.5 Å². The van der Waals surface area contributed by atoms with Crippen molar-refractivity contribution in [2.45, 2.75) is 34.2 Å². The van der Waals surface area contributed by atoms with Gasteiger partial charge < -0.3 is 15.4 Å². The van der Waals surface area contributed by atoms with Gasteiger partial charge in [0.15, 0.2) is 5.96 Å². The number of aliphatic imine (C=N–C) groups is 1. The zero-order valence-corrected chi connectivity index (χ0v) is 14.0. The number of aromatic nitrogens is 1. The van der Waals surface area contributed by atoms with E-state index in [0.29, 0.717) is 30.0 Å². The first-order chi connectivity index (χ1) is 10.1. The number of halogens is 1. The molecule has 0 aliphatic heterocycles. The average molecular weight is 313 g/mol. The molecule has 0 bridgehead atoms. The fourth-order valence-corrected chi connectivity index (χ4v) is 1.83. The second-order valence-corrected chi connectivity index (χ2v) is 5.47. The molecule has 0 aromatic carbocycles. The summed E-state index contributed by atoms with van der Waals surface area (Å²) < 4.78 is 5.55. The van der Waals surface area contributed by atoms with Crippen LogP contribution >= 0.6 is 11.6 Å². The molecule has 0 aliphatic rings. The van der Waals surface area contributed by atoms with Gasteiger partial charge in [-0.15, -0.1) is 0 Å². The van der Waals surface area contributed by atoms with Crippen molar-refractivity contribution in [1.29, 1.82) is 0 Å². The van der Waals surface area contributed by atoms with Crippen molar-refractivity contribution < 1.29 is 4.74 Å². The second-order valence-electron chi connectivity index (χ2n) is 5.06. The SMILES string of the molecule is CCNC(=NCc1cnc(OCC(C)C)c(Cl)c1)NCC. The van der Waals surface area contributed by atoms with Gasteiger partial charge in [-0.05, 0) is 31.4 Å². The summed E-state index contributed by atoms with van der Waals surface area (Å²) in [6, 6.07) is 1.85. The van der Waals surface area contributed by atoms with E-state index in [1.165, 1.54) is 0 Å². The molecule has 1 aromatic rings. The Bertz CT molecular complexity index is 455. The van der Waals surface area contributed by atoms with Crippen LogP contribution in [-0.4, -0.2) is 30.6 Å². The number of pyridine rings is 1. The van der Waals surface area contributed by atoms with E-state index in [9.17, 15) is 0 Å². The van der Waals surface area contributed by atoms with E-state index in [1.54, 1.807) is 6.20 Å². The average Bonchev–Trinajstić information content (AvgIpc) is 2.44. The molecule has 0 amide bonds. The third-order valence-corrected chi connectivity index (χ3v) is 2.80. The third-order valence-electron chi connectivity index (χ3n) is 2.53. The fourth-order valence-electron chi connectivity index (χ4n) is 1.58. The van der Waals surface area contributed by atoms with Gasteiger partial charge in [-0.3, -0.25) is 0 Å². The smallest absolute Gasteiger partial charge is 0.232 e. The lowest BCUT2D eigenvalue weighted by Gasteiger charge is -2.11. The van der Waals surface area contributed by atoms with Crippen molar-refractivity contribution in [2.24, 2.45) is 10.9 Å². The minimum atomic E-state index is 0.440. The lowest BCUT2D eigenvalue weighted by atomic mass is 10.2. The molecule has 0 saturated heterocycles. The highest BCUT2D eigenvalue weighted by Gasteiger charge is 2.06. The summed E-state index contributed by atoms with van der Waals surface area (Å²) in [4.78, 5) is 8.73. The van der Waals surface area contributed by atoms with Crippen LogP contribution in [-0.2, 0) is 6.54 Å². The molecule has 118 valence electrons. The summed E-state index contributed by atoms with van der Waals surface area (Å²) in [7, 11) is 0. The van der Waals surface area contributed by atoms with Crippen LogP contribution in [0.2, 0.25) is 5.02 Å². The zero-order chi connectivity index (χ0) is 15.7. The third kappa shape index (κ3) is 6.67. The molecule has 0 atom stereocenters. The van der Waals surface area contributed by atoms with Crippen molar-refractivity contribution >= 4 is 17.6 Å². The lowest BCUT2D eigenvalue weighted by molar-refractivity contribution is 0.261. The second kappa shape index (κ2) is 9.45. The molecule has 5 nitrogen and oxygen atoms in total. The van der Waals surface area contributed by atoms with E-state index < -0.39 is 0 Å². The molecule has 6 heteroatoms. The first kappa shape index (κ1) is 17.6. The van der Waals surface area contributed by atoms with Crippen LogP contribution < -0.4 is 15.4 Å². The van der Waals surface area contributed by atoms with Crippen molar-refractivity contribution in [3.05, 3.63) is 22.8 Å². The van der Waals surface area contributed by atoms with Crippen LogP contribution in [0.25, 0.3) is 0 Å². The highest BCUT2D eigenvalue weighted by atomic mass is 35.5. The predicted octanol–water partition coefficient (Wildman–Crippen LogP) is 2.84. The molecular formula is C15H25ClN4O. The van der Waals surface area contributed by atoms with Gasteiger partial charge in [-0.1, -0.05) is 25.4 Å². The van der Waals surface area contributed by atoms with Crippen LogP contribution in [0.4, 0.5) is 0 Å². The summed E-state index contributed by atoms with van der Waals surface area (Å²) in [5, 5.41) is 6.87. The molecule has 0 spiro atoms. The maximum Gasteiger partial charge on any atom is 0.232 e. The Labute approximate surface area is 132 Å². The van der Waals surface area contributed by atoms with Crippen LogP contribution in [0.15, 0.2) is 17.3 Å². The summed E-state index contributed by atoms with van der Waals surface area (Å²) in [6.07, 6.45) is 1.75. The Morgan fingerprint density at radius 2 is 2.00 bits per heavy atom. The molecule has 1 heterocycles. The van der Waals surface area contributed by atoms with Gasteiger partial charge in [0.25, 0.3) is 0 Å². The Kier molecular flexibility index (Phi) is 7.90. The van der Waals surface area contributed by atoms with Gasteiger partial charge >= 0.3 is 0 Å². The highest BCUT2D eigenvalue weighted by molar-refractivity contribution is 6.31. The van der Waals surface area contributed by atoms with Crippen LogP contribution in [0.1, 0.15) is 33.3 Å². The zero-order valence-electron chi connectivity index (χ0n) is 13.2. The van der Waals surface area contributed by atoms with Crippen LogP contribution in [0.3, 0.4) is 0 Å². The van der Waals surface area contributed by atoms with Crippen LogP contribution in [0.5, 0.6) is 5.88 Å². The van der Waals surface area contributed by atoms with Gasteiger partial charge in [0.1, 0.15) is 5.02 Å². The van der Waals surface area contributed by atoms with E-state index in [-0.39, 0.29) is 0 Å². The molecule has 1 aromatic heterocycles. The molecule has 2 N–H and O–H groups in total. The van der Waals surface area contributed by atoms with Gasteiger partial charge in [-0.25, -0.2) is 9.98 Å². The van der Waals surface area contributed by atoms with Crippen molar-refractivity contribution in [1.82, 2.24) is 15.6 Å². The topological polar surface area (TPSA) is 58.5 Å². The Hall–Kier alpha value is -1.49. The van der Waals surface area contributed by atoms with E-state index in [4.69, 9.17) is 16.3 Å². The van der Waals surface area contributed by atoms with E-state index in [0.717, 1.165) is 24.6 Å². The molecule has 0 aliphatic carbocycles. The number of guanidine groups is 1. The summed E-state index contributed by atoms with van der Waals surface area (Å²) in [5.74, 6) is 1.71. The maximum atomic E-state index is 6.18. The van der Waals surface area contributed by atoms with Crippen LogP contribution in [0, 0.1) is 5.92 Å². The monoisotopic (exact) mass is 312 g/mol. The fraction of sp³-hybridized carbons (Fsp3) is 0.600. The highest BCUT2D eigenvalue weighted by Crippen LogP contribution is 2.23. The molecule has 0 fully saturated rings. The standard InChI is InChI=1S/C15H25ClN4O/c1-5-17-15(18-6-2)20-9-12-7-13(16)14(19-8-12)21-10-11(3)4/h7-8,11H,5-6,9-10H2,1-4H3,(H2,17,18,20). The Morgan fingerprint density at radius 3 is 2.52 bits per heavy atom. The van der Waals surface area contributed by atoms with Gasteiger partial charge in [0.2, 0.25) is 5.88 Å². The largest absolute Gasteiger partial charge is 0.476 e.